The Morgan fingerprint density at radius 1 is 1.73 bits per heavy atom. The average Bonchev–Trinajstić information content (AvgIpc) is 2.37. The first-order chi connectivity index (χ1) is 5.24. The molecule has 0 amide bonds. The normalized spacial score (nSPS) is 26.2. The van der Waals surface area contributed by atoms with E-state index in [9.17, 15) is 4.79 Å². The summed E-state index contributed by atoms with van der Waals surface area (Å²) < 4.78 is 0. The summed E-state index contributed by atoms with van der Waals surface area (Å²) in [7, 11) is 0. The molecule has 0 aromatic rings. The molecule has 0 radical (unpaired) electrons. The quantitative estimate of drug-likeness (QED) is 0.556. The maximum atomic E-state index is 11.2. The van der Waals surface area contributed by atoms with Gasteiger partial charge in [0.1, 0.15) is 5.78 Å². The number of ketones is 1. The van der Waals surface area contributed by atoms with Gasteiger partial charge in [-0.2, -0.15) is 0 Å². The Bertz CT molecular complexity index is 179. The van der Waals surface area contributed by atoms with Gasteiger partial charge in [-0.05, 0) is 33.1 Å². The molecule has 0 N–H and O–H groups in total. The van der Waals surface area contributed by atoms with Gasteiger partial charge in [0.05, 0.1) is 0 Å². The fourth-order valence-electron chi connectivity index (χ4n) is 1.61. The van der Waals surface area contributed by atoms with Crippen molar-refractivity contribution in [2.45, 2.75) is 39.5 Å². The molecule has 0 saturated heterocycles. The fraction of sp³-hybridized carbons (Fsp3) is 0.700. The molecule has 62 valence electrons. The maximum Gasteiger partial charge on any atom is 0.136 e. The topological polar surface area (TPSA) is 17.1 Å². The van der Waals surface area contributed by atoms with Gasteiger partial charge in [0.25, 0.3) is 0 Å². The first-order valence-electron chi connectivity index (χ1n) is 4.38. The van der Waals surface area contributed by atoms with Gasteiger partial charge in [0.15, 0.2) is 0 Å². The van der Waals surface area contributed by atoms with Crippen LogP contribution in [0.15, 0.2) is 11.6 Å². The third-order valence-corrected chi connectivity index (χ3v) is 2.49. The average molecular weight is 152 g/mol. The van der Waals surface area contributed by atoms with Gasteiger partial charge < -0.3 is 0 Å². The first-order valence-corrected chi connectivity index (χ1v) is 4.38. The monoisotopic (exact) mass is 152 g/mol. The number of carbonyl (C=O) groups excluding carboxylic acids is 1. The molecule has 0 spiro atoms. The van der Waals surface area contributed by atoms with Crippen LogP contribution < -0.4 is 0 Å². The standard InChI is InChI=1S/C10H16O/c1-3-8(2)7-9-5-4-6-10(9)11/h3,9H,4-7H2,1-2H3. The fourth-order valence-corrected chi connectivity index (χ4v) is 1.61. The van der Waals surface area contributed by atoms with Crippen LogP contribution in [0.3, 0.4) is 0 Å². The van der Waals surface area contributed by atoms with Crippen LogP contribution in [0, 0.1) is 5.92 Å². The van der Waals surface area contributed by atoms with Crippen molar-refractivity contribution in [2.75, 3.05) is 0 Å². The Labute approximate surface area is 68.5 Å². The Morgan fingerprint density at radius 2 is 2.45 bits per heavy atom. The molecule has 1 heteroatoms. The second kappa shape index (κ2) is 3.70. The summed E-state index contributed by atoms with van der Waals surface area (Å²) in [5, 5.41) is 0. The van der Waals surface area contributed by atoms with Crippen molar-refractivity contribution in [1.29, 1.82) is 0 Å². The Kier molecular flexibility index (Phi) is 2.86. The van der Waals surface area contributed by atoms with Crippen molar-refractivity contribution >= 4 is 5.78 Å². The number of allylic oxidation sites excluding steroid dienone is 2. The molecule has 1 aliphatic carbocycles. The summed E-state index contributed by atoms with van der Waals surface area (Å²) in [5.41, 5.74) is 1.35. The number of hydrogen-bond donors (Lipinski definition) is 0. The van der Waals surface area contributed by atoms with Gasteiger partial charge in [0, 0.05) is 12.3 Å². The summed E-state index contributed by atoms with van der Waals surface area (Å²) in [5.74, 6) is 0.831. The van der Waals surface area contributed by atoms with Crippen molar-refractivity contribution in [3.05, 3.63) is 11.6 Å². The highest BCUT2D eigenvalue weighted by Crippen LogP contribution is 2.26. The van der Waals surface area contributed by atoms with Gasteiger partial charge in [-0.25, -0.2) is 0 Å². The molecular formula is C10H16O. The van der Waals surface area contributed by atoms with E-state index in [1.54, 1.807) is 0 Å². The second-order valence-electron chi connectivity index (χ2n) is 3.39. The van der Waals surface area contributed by atoms with E-state index in [1.165, 1.54) is 5.57 Å². The molecule has 1 aliphatic rings. The molecule has 0 aromatic carbocycles. The Hall–Kier alpha value is -0.590. The number of Topliss-reactive ketones (excluding diaryl/α,β-unsaturated/α-hetero) is 1. The van der Waals surface area contributed by atoms with E-state index >= 15 is 0 Å². The van der Waals surface area contributed by atoms with Crippen LogP contribution >= 0.6 is 0 Å². The summed E-state index contributed by atoms with van der Waals surface area (Å²) in [6.07, 6.45) is 6.15. The summed E-state index contributed by atoms with van der Waals surface area (Å²) in [4.78, 5) is 11.2. The summed E-state index contributed by atoms with van der Waals surface area (Å²) in [6.45, 7) is 4.14. The molecule has 0 aromatic heterocycles. The van der Waals surface area contributed by atoms with E-state index in [1.807, 2.05) is 6.92 Å². The van der Waals surface area contributed by atoms with Gasteiger partial charge in [-0.15, -0.1) is 0 Å². The highest BCUT2D eigenvalue weighted by molar-refractivity contribution is 5.83. The molecule has 0 aliphatic heterocycles. The first kappa shape index (κ1) is 8.51. The van der Waals surface area contributed by atoms with Gasteiger partial charge in [0.2, 0.25) is 0 Å². The van der Waals surface area contributed by atoms with Crippen molar-refractivity contribution < 1.29 is 4.79 Å². The van der Waals surface area contributed by atoms with E-state index in [-0.39, 0.29) is 0 Å². The lowest BCUT2D eigenvalue weighted by Crippen LogP contribution is -2.05. The van der Waals surface area contributed by atoms with Crippen molar-refractivity contribution in [2.24, 2.45) is 5.92 Å². The molecule has 1 rings (SSSR count). The molecule has 1 nitrogen and oxygen atoms in total. The minimum absolute atomic E-state index is 0.353. The molecular weight excluding hydrogens is 136 g/mol. The largest absolute Gasteiger partial charge is 0.299 e. The molecule has 11 heavy (non-hydrogen) atoms. The molecule has 1 fully saturated rings. The predicted octanol–water partition coefficient (Wildman–Crippen LogP) is 2.71. The van der Waals surface area contributed by atoms with Gasteiger partial charge in [-0.1, -0.05) is 11.6 Å². The van der Waals surface area contributed by atoms with Crippen LogP contribution in [0.4, 0.5) is 0 Å². The second-order valence-corrected chi connectivity index (χ2v) is 3.39. The zero-order valence-corrected chi connectivity index (χ0v) is 7.39. The highest BCUT2D eigenvalue weighted by Gasteiger charge is 2.23. The lowest BCUT2D eigenvalue weighted by atomic mass is 9.98. The zero-order valence-electron chi connectivity index (χ0n) is 7.39. The Morgan fingerprint density at radius 3 is 2.91 bits per heavy atom. The van der Waals surface area contributed by atoms with Crippen LogP contribution in [0.25, 0.3) is 0 Å². The van der Waals surface area contributed by atoms with Crippen LogP contribution in [-0.4, -0.2) is 5.78 Å². The van der Waals surface area contributed by atoms with Crippen molar-refractivity contribution in [3.8, 4) is 0 Å². The van der Waals surface area contributed by atoms with Crippen LogP contribution in [0.5, 0.6) is 0 Å². The molecule has 1 saturated carbocycles. The lowest BCUT2D eigenvalue weighted by Gasteiger charge is -2.06. The molecule has 0 bridgehead atoms. The van der Waals surface area contributed by atoms with Crippen LogP contribution in [0.2, 0.25) is 0 Å². The summed E-state index contributed by atoms with van der Waals surface area (Å²) >= 11 is 0. The van der Waals surface area contributed by atoms with Crippen LogP contribution in [0.1, 0.15) is 39.5 Å². The third-order valence-electron chi connectivity index (χ3n) is 2.49. The van der Waals surface area contributed by atoms with E-state index < -0.39 is 0 Å². The van der Waals surface area contributed by atoms with Gasteiger partial charge in [-0.3, -0.25) is 4.79 Å². The zero-order chi connectivity index (χ0) is 8.27. The molecule has 1 atom stereocenters. The van der Waals surface area contributed by atoms with Gasteiger partial charge >= 0.3 is 0 Å². The Balaban J connectivity index is 2.43. The van der Waals surface area contributed by atoms with Crippen molar-refractivity contribution in [3.63, 3.8) is 0 Å². The molecule has 1 unspecified atom stereocenters. The minimum atomic E-state index is 0.353. The molecule has 0 heterocycles. The van der Waals surface area contributed by atoms with Crippen LogP contribution in [-0.2, 0) is 4.79 Å². The van der Waals surface area contributed by atoms with E-state index in [0.29, 0.717) is 11.7 Å². The SMILES string of the molecule is CC=C(C)CC1CCCC1=O. The predicted molar refractivity (Wildman–Crippen MR) is 46.4 cm³/mol. The van der Waals surface area contributed by atoms with E-state index in [0.717, 1.165) is 25.7 Å². The van der Waals surface area contributed by atoms with Crippen molar-refractivity contribution in [1.82, 2.24) is 0 Å². The lowest BCUT2D eigenvalue weighted by molar-refractivity contribution is -0.120. The summed E-state index contributed by atoms with van der Waals surface area (Å²) in [6, 6.07) is 0. The number of carbonyl (C=O) groups is 1. The number of hydrogen-bond acceptors (Lipinski definition) is 1. The maximum absolute atomic E-state index is 11.2. The minimum Gasteiger partial charge on any atom is -0.299 e. The van der Waals surface area contributed by atoms with E-state index in [2.05, 4.69) is 13.0 Å². The number of rotatable bonds is 2. The highest BCUT2D eigenvalue weighted by atomic mass is 16.1. The third kappa shape index (κ3) is 2.18. The van der Waals surface area contributed by atoms with E-state index in [4.69, 9.17) is 0 Å². The smallest absolute Gasteiger partial charge is 0.136 e.